The number of carbonyl (C=O) groups is 1. The fourth-order valence-electron chi connectivity index (χ4n) is 4.51. The number of fused-ring (bicyclic) bond motifs is 3. The van der Waals surface area contributed by atoms with Crippen molar-refractivity contribution < 1.29 is 32.5 Å². The summed E-state index contributed by atoms with van der Waals surface area (Å²) >= 11 is 0. The number of hydrogen-bond donors (Lipinski definition) is 2. The van der Waals surface area contributed by atoms with Crippen molar-refractivity contribution in [2.45, 2.75) is 36.8 Å². The van der Waals surface area contributed by atoms with Crippen LogP contribution >= 0.6 is 0 Å². The monoisotopic (exact) mass is 464 g/mol. The van der Waals surface area contributed by atoms with Gasteiger partial charge in [0.15, 0.2) is 17.7 Å². The standard InChI is InChI=1S/C20H19F3N6O4/c21-20(22,23)18(31)28-7-19(8-30)14(32-6-11-4-2-1-3-5-11)13(28)17(33-19)29-10-27-12-15(24)25-9-26-16(12)29/h1-5,9-10,13-14,17,30H,6-8H2,(H2,24,25,26)/t13-,14+,17+,19-/m0/s1. The van der Waals surface area contributed by atoms with Gasteiger partial charge < -0.3 is 25.2 Å². The number of rotatable bonds is 5. The van der Waals surface area contributed by atoms with Crippen LogP contribution in [0.25, 0.3) is 11.2 Å². The van der Waals surface area contributed by atoms with Gasteiger partial charge in [-0.25, -0.2) is 15.0 Å². The van der Waals surface area contributed by atoms with Crippen molar-refractivity contribution in [3.05, 3.63) is 48.5 Å². The predicted octanol–water partition coefficient (Wildman–Crippen LogP) is 1.03. The maximum absolute atomic E-state index is 13.4. The third-order valence-electron chi connectivity index (χ3n) is 5.98. The average molecular weight is 464 g/mol. The summed E-state index contributed by atoms with van der Waals surface area (Å²) in [6.45, 7) is -1.09. The van der Waals surface area contributed by atoms with Gasteiger partial charge in [-0.1, -0.05) is 30.3 Å². The first kappa shape index (κ1) is 21.6. The third-order valence-corrected chi connectivity index (χ3v) is 5.98. The van der Waals surface area contributed by atoms with Gasteiger partial charge in [-0.3, -0.25) is 9.36 Å². The number of imidazole rings is 1. The Hall–Kier alpha value is -3.29. The maximum atomic E-state index is 13.4. The Labute approximate surface area is 184 Å². The van der Waals surface area contributed by atoms with Gasteiger partial charge in [-0.15, -0.1) is 0 Å². The highest BCUT2D eigenvalue weighted by Crippen LogP contribution is 2.49. The van der Waals surface area contributed by atoms with E-state index in [1.165, 1.54) is 17.2 Å². The SMILES string of the molecule is Nc1ncnc2c1ncn2[C@@H]1O[C@]2(CO)CN(C(=O)C(F)(F)F)[C@H]1[C@H]2OCc1ccccc1. The topological polar surface area (TPSA) is 129 Å². The van der Waals surface area contributed by atoms with E-state index >= 15 is 0 Å². The molecule has 3 aromatic rings. The largest absolute Gasteiger partial charge is 0.471 e. The summed E-state index contributed by atoms with van der Waals surface area (Å²) in [5.41, 5.74) is 5.48. The van der Waals surface area contributed by atoms with Gasteiger partial charge in [0.1, 0.15) is 29.6 Å². The molecule has 10 nitrogen and oxygen atoms in total. The number of benzene rings is 1. The number of aliphatic hydroxyl groups is 1. The average Bonchev–Trinajstić information content (AvgIpc) is 3.46. The van der Waals surface area contributed by atoms with Gasteiger partial charge in [0.05, 0.1) is 26.1 Å². The van der Waals surface area contributed by atoms with E-state index in [9.17, 15) is 23.1 Å². The lowest BCUT2D eigenvalue weighted by Crippen LogP contribution is -2.53. The number of nitrogens with two attached hydrogens (primary N) is 1. The molecular weight excluding hydrogens is 445 g/mol. The summed E-state index contributed by atoms with van der Waals surface area (Å²) in [5.74, 6) is -1.96. The zero-order valence-electron chi connectivity index (χ0n) is 17.0. The number of carbonyl (C=O) groups excluding carboxylic acids is 1. The Morgan fingerprint density at radius 2 is 2.03 bits per heavy atom. The minimum Gasteiger partial charge on any atom is -0.393 e. The highest BCUT2D eigenvalue weighted by molar-refractivity contribution is 5.83. The lowest BCUT2D eigenvalue weighted by atomic mass is 10.00. The number of amides is 1. The van der Waals surface area contributed by atoms with Crippen LogP contribution in [0.5, 0.6) is 0 Å². The number of alkyl halides is 3. The molecular formula is C20H19F3N6O4. The molecule has 4 heterocycles. The smallest absolute Gasteiger partial charge is 0.393 e. The van der Waals surface area contributed by atoms with Crippen LogP contribution in [0.15, 0.2) is 43.0 Å². The Balaban J connectivity index is 1.56. The lowest BCUT2D eigenvalue weighted by molar-refractivity contribution is -0.202. The summed E-state index contributed by atoms with van der Waals surface area (Å²) in [6, 6.07) is 7.79. The lowest BCUT2D eigenvalue weighted by Gasteiger charge is -2.36. The van der Waals surface area contributed by atoms with Crippen LogP contribution in [0.2, 0.25) is 0 Å². The van der Waals surface area contributed by atoms with Crippen molar-refractivity contribution in [1.82, 2.24) is 24.4 Å². The predicted molar refractivity (Wildman–Crippen MR) is 106 cm³/mol. The molecule has 33 heavy (non-hydrogen) atoms. The number of morpholine rings is 1. The summed E-state index contributed by atoms with van der Waals surface area (Å²) in [5, 5.41) is 10.2. The summed E-state index contributed by atoms with van der Waals surface area (Å²) in [6.07, 6.45) is -4.82. The molecule has 0 unspecified atom stereocenters. The Kier molecular flexibility index (Phi) is 4.99. The van der Waals surface area contributed by atoms with Crippen LogP contribution in [0.3, 0.4) is 0 Å². The first-order valence-corrected chi connectivity index (χ1v) is 10.0. The second-order valence-corrected chi connectivity index (χ2v) is 7.95. The number of ether oxygens (including phenoxy) is 2. The zero-order chi connectivity index (χ0) is 23.4. The number of likely N-dealkylation sites (tertiary alicyclic amines) is 1. The van der Waals surface area contributed by atoms with E-state index in [1.807, 2.05) is 6.07 Å². The number of aromatic nitrogens is 4. The van der Waals surface area contributed by atoms with E-state index < -0.39 is 49.2 Å². The number of aliphatic hydroxyl groups excluding tert-OH is 1. The van der Waals surface area contributed by atoms with Crippen molar-refractivity contribution in [2.75, 3.05) is 18.9 Å². The number of halogens is 3. The Bertz CT molecular complexity index is 1190. The van der Waals surface area contributed by atoms with Crippen molar-refractivity contribution in [3.8, 4) is 0 Å². The second kappa shape index (κ2) is 7.64. The number of anilines is 1. The Morgan fingerprint density at radius 3 is 2.73 bits per heavy atom. The fraction of sp³-hybridized carbons (Fsp3) is 0.400. The van der Waals surface area contributed by atoms with Gasteiger partial charge in [-0.2, -0.15) is 13.2 Å². The molecule has 2 aliphatic rings. The molecule has 13 heteroatoms. The minimum absolute atomic E-state index is 0.0493. The minimum atomic E-state index is -5.11. The molecule has 174 valence electrons. The van der Waals surface area contributed by atoms with E-state index in [1.54, 1.807) is 24.3 Å². The molecule has 2 bridgehead atoms. The van der Waals surface area contributed by atoms with Crippen LogP contribution < -0.4 is 5.73 Å². The quantitative estimate of drug-likeness (QED) is 0.573. The van der Waals surface area contributed by atoms with Crippen molar-refractivity contribution in [2.24, 2.45) is 0 Å². The highest BCUT2D eigenvalue weighted by Gasteiger charge is 2.68. The molecule has 0 aliphatic carbocycles. The molecule has 3 N–H and O–H groups in total. The van der Waals surface area contributed by atoms with E-state index in [2.05, 4.69) is 15.0 Å². The molecule has 1 aromatic carbocycles. The van der Waals surface area contributed by atoms with E-state index in [0.717, 1.165) is 5.56 Å². The summed E-state index contributed by atoms with van der Waals surface area (Å²) in [4.78, 5) is 25.1. The van der Waals surface area contributed by atoms with E-state index in [4.69, 9.17) is 15.2 Å². The van der Waals surface area contributed by atoms with Crippen LogP contribution in [0.4, 0.5) is 19.0 Å². The van der Waals surface area contributed by atoms with Gasteiger partial charge in [0.25, 0.3) is 0 Å². The third kappa shape index (κ3) is 3.39. The molecule has 2 aliphatic heterocycles. The number of hydrogen-bond acceptors (Lipinski definition) is 8. The molecule has 0 radical (unpaired) electrons. The van der Waals surface area contributed by atoms with Gasteiger partial charge in [0, 0.05) is 0 Å². The molecule has 2 saturated heterocycles. The van der Waals surface area contributed by atoms with Crippen LogP contribution in [-0.2, 0) is 20.9 Å². The molecule has 0 saturated carbocycles. The summed E-state index contributed by atoms with van der Waals surface area (Å²) in [7, 11) is 0. The van der Waals surface area contributed by atoms with Crippen molar-refractivity contribution in [3.63, 3.8) is 0 Å². The van der Waals surface area contributed by atoms with Gasteiger partial charge >= 0.3 is 12.1 Å². The molecule has 1 amide bonds. The van der Waals surface area contributed by atoms with Gasteiger partial charge in [0.2, 0.25) is 0 Å². The van der Waals surface area contributed by atoms with Crippen LogP contribution in [0, 0.1) is 0 Å². The van der Waals surface area contributed by atoms with E-state index in [0.29, 0.717) is 4.90 Å². The highest BCUT2D eigenvalue weighted by atomic mass is 19.4. The van der Waals surface area contributed by atoms with Crippen LogP contribution in [-0.4, -0.2) is 72.5 Å². The molecule has 4 atom stereocenters. The molecule has 2 fully saturated rings. The summed E-state index contributed by atoms with van der Waals surface area (Å²) < 4.78 is 53.7. The first-order valence-electron chi connectivity index (χ1n) is 10.0. The zero-order valence-corrected chi connectivity index (χ0v) is 17.0. The number of nitrogens with zero attached hydrogens (tertiary/aromatic N) is 5. The van der Waals surface area contributed by atoms with E-state index in [-0.39, 0.29) is 23.6 Å². The number of nitrogen functional groups attached to an aromatic ring is 1. The molecule has 2 aromatic heterocycles. The van der Waals surface area contributed by atoms with Crippen molar-refractivity contribution in [1.29, 1.82) is 0 Å². The molecule has 5 rings (SSSR count). The second-order valence-electron chi connectivity index (χ2n) is 7.95. The fourth-order valence-corrected chi connectivity index (χ4v) is 4.51. The van der Waals surface area contributed by atoms with Crippen molar-refractivity contribution >= 4 is 22.9 Å². The van der Waals surface area contributed by atoms with Gasteiger partial charge in [-0.05, 0) is 5.56 Å². The molecule has 0 spiro atoms. The first-order chi connectivity index (χ1) is 15.7. The Morgan fingerprint density at radius 1 is 1.27 bits per heavy atom. The van der Waals surface area contributed by atoms with Crippen LogP contribution in [0.1, 0.15) is 11.8 Å². The normalized spacial score (nSPS) is 26.9. The maximum Gasteiger partial charge on any atom is 0.471 e.